The van der Waals surface area contributed by atoms with Crippen LogP contribution >= 0.6 is 0 Å². The van der Waals surface area contributed by atoms with Crippen LogP contribution in [-0.2, 0) is 9.47 Å². The summed E-state index contributed by atoms with van der Waals surface area (Å²) >= 11 is 0. The van der Waals surface area contributed by atoms with Crippen molar-refractivity contribution >= 4 is 0 Å². The van der Waals surface area contributed by atoms with Crippen LogP contribution in [0.4, 0.5) is 17.6 Å². The lowest BCUT2D eigenvalue weighted by Gasteiger charge is -2.28. The number of hydrogen-bond donors (Lipinski definition) is 1. The van der Waals surface area contributed by atoms with Gasteiger partial charge in [-0.15, -0.1) is 0 Å². The van der Waals surface area contributed by atoms with E-state index >= 15 is 0 Å². The smallest absolute Gasteiger partial charge is 0.154 e. The highest BCUT2D eigenvalue weighted by Gasteiger charge is 2.24. The van der Waals surface area contributed by atoms with Gasteiger partial charge in [-0.05, 0) is 178 Å². The minimum atomic E-state index is -0.631. The van der Waals surface area contributed by atoms with E-state index in [9.17, 15) is 17.6 Å². The normalized spacial score (nSPS) is 23.0. The van der Waals surface area contributed by atoms with E-state index in [0.29, 0.717) is 23.0 Å². The minimum Gasteiger partial charge on any atom is -0.412 e. The van der Waals surface area contributed by atoms with Gasteiger partial charge in [0.25, 0.3) is 0 Å². The zero-order valence-electron chi connectivity index (χ0n) is 50.9. The molecule has 2 saturated carbocycles. The topological polar surface area (TPSA) is 101 Å². The average Bonchev–Trinajstić information content (AvgIpc) is 3.38. The van der Waals surface area contributed by atoms with Crippen LogP contribution in [0.2, 0.25) is 0 Å². The molecule has 77 heavy (non-hydrogen) atoms. The van der Waals surface area contributed by atoms with Crippen molar-refractivity contribution in [2.75, 3.05) is 19.8 Å². The van der Waals surface area contributed by atoms with E-state index < -0.39 is 17.8 Å². The van der Waals surface area contributed by atoms with Crippen LogP contribution in [0, 0.1) is 122 Å². The quantitative estimate of drug-likeness (QED) is 0.155. The maximum Gasteiger partial charge on any atom is 0.154 e. The summed E-state index contributed by atoms with van der Waals surface area (Å²) in [7, 11) is 0. The number of aryl methyl sites for hydroxylation is 9. The maximum atomic E-state index is 12.8. The lowest BCUT2D eigenvalue weighted by atomic mass is 9.84. The molecule has 3 N–H and O–H groups in total. The molecule has 4 fully saturated rings. The molecule has 3 unspecified atom stereocenters. The standard InChI is InChI=1S/C8H8F2.C8H9F.2C8H16.C8H10.C7H14FN.C7H9N.C6H8N2.C6H12O2.H2O/c1-5-3-7(9)6(2)8(10)4-5;1-6-3-4-7(2)8(9)5-6;3*1-7-3-5-8(2)6-4-7;1-5-3-7(8)6(2)9-4-5;1-6-3-4-7(2)8-5-6;2*1-5-3-7-6(2)8-4-5;/h3-4H,1-2H3;3-5H,1-2H3;2*7-8H,3-6H2,1-2H3;3-6H,1-2H3;5-7,9H,3-4H2,1-2H3;3-5H,1-2H3;3-4H,1-2H3;5-6H,3-4H2,1-2H3;1H2. The van der Waals surface area contributed by atoms with Gasteiger partial charge in [0.15, 0.2) is 6.29 Å². The highest BCUT2D eigenvalue weighted by atomic mass is 19.1. The molecule has 0 spiro atoms. The van der Waals surface area contributed by atoms with Crippen molar-refractivity contribution in [1.29, 1.82) is 0 Å². The van der Waals surface area contributed by atoms with Gasteiger partial charge in [0.05, 0.1) is 13.2 Å². The predicted octanol–water partition coefficient (Wildman–Crippen LogP) is 17.3. The Labute approximate surface area is 465 Å². The third-order valence-corrected chi connectivity index (χ3v) is 13.7. The number of piperidine rings is 1. The second-order valence-corrected chi connectivity index (χ2v) is 22.7. The molecule has 5 aromatic rings. The molecule has 434 valence electrons. The van der Waals surface area contributed by atoms with Crippen LogP contribution < -0.4 is 5.32 Å². The molecule has 0 amide bonds. The van der Waals surface area contributed by atoms with Gasteiger partial charge < -0.3 is 20.3 Å². The van der Waals surface area contributed by atoms with Crippen molar-refractivity contribution in [3.8, 4) is 0 Å². The van der Waals surface area contributed by atoms with Crippen LogP contribution in [0.1, 0.15) is 169 Å². The number of hydrogen-bond acceptors (Lipinski definition) is 6. The molecule has 2 aliphatic heterocycles. The Bertz CT molecular complexity index is 1970. The molecule has 4 heterocycles. The molecule has 3 atom stereocenters. The Kier molecular flexibility index (Phi) is 38.2. The fraction of sp³-hybridized carbons (Fsp3) is 0.591. The van der Waals surface area contributed by atoms with Crippen LogP contribution in [0.25, 0.3) is 0 Å². The van der Waals surface area contributed by atoms with Crippen molar-refractivity contribution in [2.24, 2.45) is 35.5 Å². The molecular weight excluding hydrogens is 973 g/mol. The number of benzene rings is 3. The van der Waals surface area contributed by atoms with Crippen LogP contribution in [0.3, 0.4) is 0 Å². The summed E-state index contributed by atoms with van der Waals surface area (Å²) in [6.07, 6.45) is 17.4. The van der Waals surface area contributed by atoms with Crippen molar-refractivity contribution in [3.05, 3.63) is 159 Å². The first-order valence-electron chi connectivity index (χ1n) is 28.2. The van der Waals surface area contributed by atoms with Crippen LogP contribution in [-0.4, -0.2) is 58.7 Å². The third-order valence-electron chi connectivity index (χ3n) is 13.7. The molecule has 0 bridgehead atoms. The number of nitrogens with one attached hydrogen (secondary N) is 1. The van der Waals surface area contributed by atoms with Crippen LogP contribution in [0.15, 0.2) is 85.3 Å². The number of halogens is 4. The number of aromatic nitrogens is 3. The summed E-state index contributed by atoms with van der Waals surface area (Å²) in [5, 5.41) is 3.11. The monoisotopic (exact) mass is 1080 g/mol. The highest BCUT2D eigenvalue weighted by molar-refractivity contribution is 5.24. The van der Waals surface area contributed by atoms with E-state index in [1.807, 2.05) is 79.2 Å². The van der Waals surface area contributed by atoms with Crippen molar-refractivity contribution in [3.63, 3.8) is 0 Å². The molecule has 2 aliphatic carbocycles. The zero-order chi connectivity index (χ0) is 57.3. The number of alkyl halides is 1. The van der Waals surface area contributed by atoms with E-state index in [1.54, 1.807) is 19.9 Å². The Morgan fingerprint density at radius 1 is 0.442 bits per heavy atom. The highest BCUT2D eigenvalue weighted by Crippen LogP contribution is 2.28. The van der Waals surface area contributed by atoms with Crippen LogP contribution in [0.5, 0.6) is 0 Å². The molecule has 2 saturated heterocycles. The summed E-state index contributed by atoms with van der Waals surface area (Å²) in [6, 6.07) is 20.5. The Morgan fingerprint density at radius 3 is 1.16 bits per heavy atom. The SMILES string of the molecule is CC1CCC(C)CC1.CC1CCC(C)CC1.CC1CNC(C)C(F)C1.CC1COC(C)OC1.Cc1cc(F)c(C)c(F)c1.Cc1ccc(C)c(F)c1.Cc1ccc(C)cc1.Cc1ccc(C)nc1.Cc1cnc(C)nc1.O. The zero-order valence-corrected chi connectivity index (χ0v) is 50.9. The molecule has 7 nitrogen and oxygen atoms in total. The summed E-state index contributed by atoms with van der Waals surface area (Å²) in [4.78, 5) is 12.0. The summed E-state index contributed by atoms with van der Waals surface area (Å²) in [5.41, 5.74) is 8.44. The van der Waals surface area contributed by atoms with E-state index in [0.717, 1.165) is 72.5 Å². The van der Waals surface area contributed by atoms with Crippen molar-refractivity contribution in [2.45, 2.75) is 201 Å². The van der Waals surface area contributed by atoms with E-state index in [4.69, 9.17) is 9.47 Å². The summed E-state index contributed by atoms with van der Waals surface area (Å²) < 4.78 is 60.9. The van der Waals surface area contributed by atoms with Gasteiger partial charge in [0.1, 0.15) is 29.4 Å². The van der Waals surface area contributed by atoms with Gasteiger partial charge >= 0.3 is 0 Å². The first-order chi connectivity index (χ1) is 35.7. The van der Waals surface area contributed by atoms with Gasteiger partial charge in [0.2, 0.25) is 0 Å². The first-order valence-corrected chi connectivity index (χ1v) is 28.2. The molecule has 9 rings (SSSR count). The number of rotatable bonds is 0. The predicted molar refractivity (Wildman–Crippen MR) is 317 cm³/mol. The van der Waals surface area contributed by atoms with Gasteiger partial charge in [-0.3, -0.25) is 4.98 Å². The molecule has 0 radical (unpaired) electrons. The van der Waals surface area contributed by atoms with Gasteiger partial charge in [-0.2, -0.15) is 0 Å². The lowest BCUT2D eigenvalue weighted by Crippen LogP contribution is -2.43. The molecule has 4 aliphatic rings. The Balaban J connectivity index is 0.000000843. The molecule has 3 aromatic carbocycles. The van der Waals surface area contributed by atoms with Gasteiger partial charge in [-0.1, -0.05) is 147 Å². The van der Waals surface area contributed by atoms with E-state index in [1.165, 1.54) is 93.2 Å². The number of pyridine rings is 1. The number of ether oxygens (including phenoxy) is 2. The largest absolute Gasteiger partial charge is 0.412 e. The second kappa shape index (κ2) is 40.6. The first kappa shape index (κ1) is 72.5. The van der Waals surface area contributed by atoms with Crippen molar-refractivity contribution < 1.29 is 32.5 Å². The average molecular weight is 1080 g/mol. The third kappa shape index (κ3) is 36.3. The molecule has 11 heteroatoms. The Hall–Kier alpha value is -4.55. The minimum absolute atomic E-state index is 0. The fourth-order valence-corrected chi connectivity index (χ4v) is 7.84. The van der Waals surface area contributed by atoms with Gasteiger partial charge in [0, 0.05) is 41.8 Å². The van der Waals surface area contributed by atoms with Crippen molar-refractivity contribution in [1.82, 2.24) is 20.3 Å². The Morgan fingerprint density at radius 2 is 0.831 bits per heavy atom. The van der Waals surface area contributed by atoms with E-state index in [2.05, 4.69) is 106 Å². The van der Waals surface area contributed by atoms with Gasteiger partial charge in [-0.25, -0.2) is 27.5 Å². The molecular formula is C66H104F4N4O3. The fourth-order valence-electron chi connectivity index (χ4n) is 7.84. The maximum absolute atomic E-state index is 12.8. The van der Waals surface area contributed by atoms with E-state index in [-0.39, 0.29) is 29.2 Å². The number of nitrogens with zero attached hydrogens (tertiary/aromatic N) is 3. The molecule has 2 aromatic heterocycles. The summed E-state index contributed by atoms with van der Waals surface area (Å²) in [5.74, 6) is 4.93. The second-order valence-electron chi connectivity index (χ2n) is 22.7. The lowest BCUT2D eigenvalue weighted by molar-refractivity contribution is -0.187. The summed E-state index contributed by atoms with van der Waals surface area (Å²) in [6.45, 7) is 38.9.